The van der Waals surface area contributed by atoms with Crippen LogP contribution in [0, 0.1) is 0 Å². The summed E-state index contributed by atoms with van der Waals surface area (Å²) in [5, 5.41) is 16.7. The number of ether oxygens (including phenoxy) is 1. The Kier molecular flexibility index (Phi) is 7.37. The number of thioether (sulfide) groups is 1. The van der Waals surface area contributed by atoms with Crippen molar-refractivity contribution in [1.29, 1.82) is 0 Å². The summed E-state index contributed by atoms with van der Waals surface area (Å²) in [4.78, 5) is 60.3. The van der Waals surface area contributed by atoms with Crippen LogP contribution in [0.4, 0.5) is 5.95 Å². The SMILES string of the molecule is CC(=O)OCC1=C(C(=O)O)N2C(=O)C(Nc3ncc(CCNC(=O)C(N)c4cscn4)[nH]3)[C@H]2SC1. The third-order valence-electron chi connectivity index (χ3n) is 5.37. The first-order valence-corrected chi connectivity index (χ1v) is 12.5. The molecule has 0 saturated carbocycles. The Bertz CT molecular complexity index is 1160. The van der Waals surface area contributed by atoms with Gasteiger partial charge < -0.3 is 31.2 Å². The van der Waals surface area contributed by atoms with E-state index >= 15 is 0 Å². The number of imidazole rings is 1. The van der Waals surface area contributed by atoms with Crippen LogP contribution in [0.15, 0.2) is 28.4 Å². The summed E-state index contributed by atoms with van der Waals surface area (Å²) in [7, 11) is 0. The number of aliphatic carboxylic acids is 1. The van der Waals surface area contributed by atoms with Gasteiger partial charge in [0.25, 0.3) is 5.91 Å². The van der Waals surface area contributed by atoms with E-state index in [9.17, 15) is 24.3 Å². The molecule has 186 valence electrons. The topological polar surface area (TPSA) is 193 Å². The van der Waals surface area contributed by atoms with Crippen LogP contribution >= 0.6 is 23.1 Å². The van der Waals surface area contributed by atoms with Gasteiger partial charge in [0, 0.05) is 42.3 Å². The van der Waals surface area contributed by atoms with E-state index in [1.165, 1.54) is 34.9 Å². The Hall–Kier alpha value is -3.43. The number of fused-ring (bicyclic) bond motifs is 1. The van der Waals surface area contributed by atoms with Crippen molar-refractivity contribution in [1.82, 2.24) is 25.2 Å². The standard InChI is InChI=1S/C20H23N7O6S2/c1-9(28)33-5-10-6-35-18-14(17(30)27(18)15(10)19(31)32)26-20-23-4-11(25-20)2-3-22-16(29)13(21)12-7-34-8-24-12/h4,7-8,13-14,18H,2-3,5-6,21H2,1H3,(H,22,29)(H,31,32)(H2,23,25,26)/t13?,14?,18-/m1/s1. The molecular formula is C20H23N7O6S2. The summed E-state index contributed by atoms with van der Waals surface area (Å²) >= 11 is 2.74. The predicted molar refractivity (Wildman–Crippen MR) is 126 cm³/mol. The van der Waals surface area contributed by atoms with E-state index in [2.05, 4.69) is 25.6 Å². The van der Waals surface area contributed by atoms with Gasteiger partial charge in [-0.3, -0.25) is 19.3 Å². The number of anilines is 1. The summed E-state index contributed by atoms with van der Waals surface area (Å²) in [5.74, 6) is -1.86. The van der Waals surface area contributed by atoms with Crippen LogP contribution in [-0.2, 0) is 30.3 Å². The predicted octanol–water partition coefficient (Wildman–Crippen LogP) is -0.178. The molecule has 2 aliphatic heterocycles. The molecule has 3 atom stereocenters. The van der Waals surface area contributed by atoms with Gasteiger partial charge in [-0.1, -0.05) is 0 Å². The lowest BCUT2D eigenvalue weighted by Gasteiger charge is -2.49. The monoisotopic (exact) mass is 521 g/mol. The highest BCUT2D eigenvalue weighted by atomic mass is 32.2. The van der Waals surface area contributed by atoms with Gasteiger partial charge in [0.15, 0.2) is 0 Å². The molecule has 0 radical (unpaired) electrons. The summed E-state index contributed by atoms with van der Waals surface area (Å²) in [6.07, 6.45) is 2.04. The zero-order chi connectivity index (χ0) is 25.1. The number of thiazole rings is 1. The zero-order valence-electron chi connectivity index (χ0n) is 18.5. The van der Waals surface area contributed by atoms with Crippen LogP contribution in [0.5, 0.6) is 0 Å². The summed E-state index contributed by atoms with van der Waals surface area (Å²) < 4.78 is 4.93. The van der Waals surface area contributed by atoms with Crippen LogP contribution in [0.3, 0.4) is 0 Å². The van der Waals surface area contributed by atoms with Crippen molar-refractivity contribution in [2.75, 3.05) is 24.2 Å². The van der Waals surface area contributed by atoms with Crippen LogP contribution in [0.1, 0.15) is 24.4 Å². The lowest BCUT2D eigenvalue weighted by Crippen LogP contribution is -2.67. The fraction of sp³-hybridized carbons (Fsp3) is 0.400. The number of nitrogens with one attached hydrogen (secondary N) is 3. The number of nitrogens with two attached hydrogens (primary N) is 1. The Balaban J connectivity index is 1.31. The quantitative estimate of drug-likeness (QED) is 0.206. The smallest absolute Gasteiger partial charge is 0.352 e. The second kappa shape index (κ2) is 10.5. The van der Waals surface area contributed by atoms with Crippen LogP contribution < -0.4 is 16.4 Å². The molecule has 4 heterocycles. The fourth-order valence-corrected chi connectivity index (χ4v) is 5.55. The lowest BCUT2D eigenvalue weighted by molar-refractivity contribution is -0.147. The molecule has 0 aliphatic carbocycles. The minimum Gasteiger partial charge on any atom is -0.477 e. The molecule has 4 rings (SSSR count). The molecule has 6 N–H and O–H groups in total. The van der Waals surface area contributed by atoms with Crippen molar-refractivity contribution in [2.24, 2.45) is 5.73 Å². The van der Waals surface area contributed by atoms with Gasteiger partial charge in [0.2, 0.25) is 11.9 Å². The van der Waals surface area contributed by atoms with Crippen molar-refractivity contribution < 1.29 is 29.0 Å². The van der Waals surface area contributed by atoms with Gasteiger partial charge in [-0.15, -0.1) is 23.1 Å². The van der Waals surface area contributed by atoms with Crippen molar-refractivity contribution >= 4 is 52.8 Å². The van der Waals surface area contributed by atoms with Crippen LogP contribution in [0.25, 0.3) is 0 Å². The maximum absolute atomic E-state index is 12.8. The highest BCUT2D eigenvalue weighted by Crippen LogP contribution is 2.41. The molecular weight excluding hydrogens is 498 g/mol. The minimum absolute atomic E-state index is 0.148. The number of hydrogen-bond donors (Lipinski definition) is 5. The van der Waals surface area contributed by atoms with E-state index in [1.54, 1.807) is 17.1 Å². The molecule has 2 amide bonds. The zero-order valence-corrected chi connectivity index (χ0v) is 20.1. The molecule has 2 aliphatic rings. The molecule has 2 unspecified atom stereocenters. The van der Waals surface area contributed by atoms with Crippen molar-refractivity contribution in [3.8, 4) is 0 Å². The number of β-lactam (4-membered cyclic amide) rings is 1. The number of carboxylic acids is 1. The summed E-state index contributed by atoms with van der Waals surface area (Å²) in [6, 6.07) is -1.50. The highest BCUT2D eigenvalue weighted by molar-refractivity contribution is 8.00. The maximum Gasteiger partial charge on any atom is 0.352 e. The Labute approximate surface area is 207 Å². The molecule has 0 bridgehead atoms. The number of amides is 2. The third-order valence-corrected chi connectivity index (χ3v) is 7.31. The number of H-pyrrole nitrogens is 1. The Morgan fingerprint density at radius 1 is 1.40 bits per heavy atom. The van der Waals surface area contributed by atoms with Crippen molar-refractivity contribution in [3.63, 3.8) is 0 Å². The van der Waals surface area contributed by atoms with Gasteiger partial charge in [-0.25, -0.2) is 14.8 Å². The summed E-state index contributed by atoms with van der Waals surface area (Å²) in [5.41, 5.74) is 8.95. The number of carbonyl (C=O) groups is 4. The first-order chi connectivity index (χ1) is 16.8. The first kappa shape index (κ1) is 24.7. The van der Waals surface area contributed by atoms with Crippen LogP contribution in [-0.4, -0.2) is 79.0 Å². The van der Waals surface area contributed by atoms with E-state index in [1.807, 2.05) is 0 Å². The number of carbonyl (C=O) groups excluding carboxylic acids is 3. The van der Waals surface area contributed by atoms with E-state index < -0.39 is 35.3 Å². The molecule has 1 saturated heterocycles. The molecule has 2 aromatic heterocycles. The molecule has 15 heteroatoms. The molecule has 13 nitrogen and oxygen atoms in total. The number of aromatic nitrogens is 3. The number of carboxylic acid groups (broad SMARTS) is 1. The summed E-state index contributed by atoms with van der Waals surface area (Å²) in [6.45, 7) is 1.38. The molecule has 0 aromatic carbocycles. The minimum atomic E-state index is -1.25. The van der Waals surface area contributed by atoms with Gasteiger partial charge in [0.1, 0.15) is 29.8 Å². The van der Waals surface area contributed by atoms with Gasteiger partial charge in [0.05, 0.1) is 17.4 Å². The number of rotatable bonds is 10. The average Bonchev–Trinajstić information content (AvgIpc) is 3.52. The number of hydrogen-bond acceptors (Lipinski definition) is 11. The second-order valence-corrected chi connectivity index (χ2v) is 9.58. The van der Waals surface area contributed by atoms with Crippen molar-refractivity contribution in [2.45, 2.75) is 30.8 Å². The molecule has 2 aromatic rings. The third kappa shape index (κ3) is 5.31. The average molecular weight is 522 g/mol. The Morgan fingerprint density at radius 2 is 2.20 bits per heavy atom. The largest absolute Gasteiger partial charge is 0.477 e. The first-order valence-electron chi connectivity index (χ1n) is 10.5. The van der Waals surface area contributed by atoms with Crippen LogP contribution in [0.2, 0.25) is 0 Å². The maximum atomic E-state index is 12.8. The fourth-order valence-electron chi connectivity index (χ4n) is 3.63. The van der Waals surface area contributed by atoms with E-state index in [0.29, 0.717) is 35.9 Å². The number of esters is 1. The van der Waals surface area contributed by atoms with Gasteiger partial charge in [-0.2, -0.15) is 0 Å². The highest BCUT2D eigenvalue weighted by Gasteiger charge is 2.54. The number of nitrogens with zero attached hydrogens (tertiary/aromatic N) is 3. The second-order valence-electron chi connectivity index (χ2n) is 7.76. The Morgan fingerprint density at radius 3 is 2.89 bits per heavy atom. The van der Waals surface area contributed by atoms with E-state index in [-0.39, 0.29) is 18.2 Å². The molecule has 1 fully saturated rings. The molecule has 0 spiro atoms. The van der Waals surface area contributed by atoms with Gasteiger partial charge in [-0.05, 0) is 0 Å². The lowest BCUT2D eigenvalue weighted by atomic mass is 10.0. The normalized spacial score (nSPS) is 20.1. The van der Waals surface area contributed by atoms with Gasteiger partial charge >= 0.3 is 11.9 Å². The van der Waals surface area contributed by atoms with E-state index in [4.69, 9.17) is 10.5 Å². The molecule has 35 heavy (non-hydrogen) atoms. The van der Waals surface area contributed by atoms with Crippen molar-refractivity contribution in [3.05, 3.63) is 39.7 Å². The van der Waals surface area contributed by atoms with E-state index in [0.717, 1.165) is 5.69 Å². The number of aromatic amines is 1.